The summed E-state index contributed by atoms with van der Waals surface area (Å²) in [6, 6.07) is 1.11. The monoisotopic (exact) mass is 321 g/mol. The lowest BCUT2D eigenvalue weighted by Crippen LogP contribution is -2.44. The van der Waals surface area contributed by atoms with Gasteiger partial charge in [0.05, 0.1) is 4.92 Å². The largest absolute Gasteiger partial charge is 0.374 e. The van der Waals surface area contributed by atoms with Crippen LogP contribution in [0.5, 0.6) is 0 Å². The fourth-order valence-corrected chi connectivity index (χ4v) is 4.51. The predicted octanol–water partition coefficient (Wildman–Crippen LogP) is 2.51. The first-order chi connectivity index (χ1) is 9.07. The van der Waals surface area contributed by atoms with E-state index in [9.17, 15) is 18.5 Å². The summed E-state index contributed by atoms with van der Waals surface area (Å²) in [5.41, 5.74) is -0.781. The second kappa shape index (κ2) is 5.66. The van der Waals surface area contributed by atoms with Crippen molar-refractivity contribution in [2.45, 2.75) is 36.9 Å². The van der Waals surface area contributed by atoms with E-state index in [4.69, 9.17) is 0 Å². The quantitative estimate of drug-likeness (QED) is 0.642. The minimum Gasteiger partial charge on any atom is -0.374 e. The van der Waals surface area contributed by atoms with Crippen molar-refractivity contribution in [2.75, 3.05) is 19.4 Å². The fraction of sp³-hybridized carbons (Fsp3) is 0.636. The molecule has 0 fully saturated rings. The molecular weight excluding hydrogens is 302 g/mol. The smallest absolute Gasteiger partial charge is 0.304 e. The van der Waals surface area contributed by atoms with E-state index in [0.29, 0.717) is 6.42 Å². The van der Waals surface area contributed by atoms with Gasteiger partial charge >= 0.3 is 5.69 Å². The molecule has 0 aliphatic carbocycles. The molecule has 0 aliphatic heterocycles. The highest BCUT2D eigenvalue weighted by Gasteiger charge is 2.35. The van der Waals surface area contributed by atoms with Crippen molar-refractivity contribution in [1.29, 1.82) is 0 Å². The number of rotatable bonds is 6. The van der Waals surface area contributed by atoms with Gasteiger partial charge in [-0.3, -0.25) is 10.1 Å². The van der Waals surface area contributed by atoms with Gasteiger partial charge in [-0.15, -0.1) is 0 Å². The Kier molecular flexibility index (Phi) is 4.78. The normalized spacial score (nSPS) is 12.7. The van der Waals surface area contributed by atoms with Crippen LogP contribution in [0.4, 0.5) is 10.7 Å². The highest BCUT2D eigenvalue weighted by atomic mass is 32.2. The summed E-state index contributed by atoms with van der Waals surface area (Å²) < 4.78 is 26.3. The Morgan fingerprint density at radius 3 is 2.40 bits per heavy atom. The molecule has 114 valence electrons. The van der Waals surface area contributed by atoms with Crippen LogP contribution in [0.1, 0.15) is 27.2 Å². The number of hydrogen-bond donors (Lipinski definition) is 1. The first kappa shape index (κ1) is 16.9. The SMILES string of the molecule is CCC(C)(C)N(C)S(=O)(=O)c1cc([N+](=O)[O-])c(NC)s1. The van der Waals surface area contributed by atoms with Gasteiger partial charge < -0.3 is 5.32 Å². The lowest BCUT2D eigenvalue weighted by Gasteiger charge is -2.33. The lowest BCUT2D eigenvalue weighted by molar-refractivity contribution is -0.383. The number of nitrogens with one attached hydrogen (secondary N) is 1. The van der Waals surface area contributed by atoms with Crippen molar-refractivity contribution in [3.63, 3.8) is 0 Å². The van der Waals surface area contributed by atoms with Crippen LogP contribution in [-0.2, 0) is 10.0 Å². The van der Waals surface area contributed by atoms with Crippen LogP contribution in [0, 0.1) is 10.1 Å². The number of thiophene rings is 1. The second-order valence-corrected chi connectivity index (χ2v) is 8.17. The van der Waals surface area contributed by atoms with E-state index in [1.54, 1.807) is 0 Å². The number of nitro groups is 1. The van der Waals surface area contributed by atoms with Gasteiger partial charge in [-0.05, 0) is 20.3 Å². The number of anilines is 1. The zero-order chi connectivity index (χ0) is 15.7. The Morgan fingerprint density at radius 2 is 2.05 bits per heavy atom. The van der Waals surface area contributed by atoms with Crippen LogP contribution in [0.25, 0.3) is 0 Å². The minimum absolute atomic E-state index is 0.0300. The molecule has 20 heavy (non-hydrogen) atoms. The van der Waals surface area contributed by atoms with E-state index in [-0.39, 0.29) is 14.9 Å². The number of hydrogen-bond acceptors (Lipinski definition) is 6. The van der Waals surface area contributed by atoms with E-state index >= 15 is 0 Å². The number of nitrogens with zero attached hydrogens (tertiary/aromatic N) is 2. The van der Waals surface area contributed by atoms with Gasteiger partial charge in [0.15, 0.2) is 5.00 Å². The molecule has 0 bridgehead atoms. The maximum Gasteiger partial charge on any atom is 0.304 e. The van der Waals surface area contributed by atoms with Gasteiger partial charge in [0.1, 0.15) is 4.21 Å². The third-order valence-corrected chi connectivity index (χ3v) is 7.11. The molecule has 9 heteroatoms. The molecule has 0 aliphatic rings. The Morgan fingerprint density at radius 1 is 1.50 bits per heavy atom. The molecule has 0 unspecified atom stereocenters. The second-order valence-electron chi connectivity index (χ2n) is 4.93. The van der Waals surface area contributed by atoms with Crippen LogP contribution in [0.2, 0.25) is 0 Å². The molecule has 0 aromatic carbocycles. The van der Waals surface area contributed by atoms with Gasteiger partial charge in [0, 0.05) is 25.7 Å². The molecular formula is C11H19N3O4S2. The molecule has 0 radical (unpaired) electrons. The van der Waals surface area contributed by atoms with E-state index in [0.717, 1.165) is 17.4 Å². The summed E-state index contributed by atoms with van der Waals surface area (Å²) in [5.74, 6) is 0. The van der Waals surface area contributed by atoms with Gasteiger partial charge in [0.25, 0.3) is 10.0 Å². The first-order valence-corrected chi connectivity index (χ1v) is 8.28. The van der Waals surface area contributed by atoms with Crippen molar-refractivity contribution >= 4 is 32.0 Å². The van der Waals surface area contributed by atoms with Gasteiger partial charge in [-0.1, -0.05) is 18.3 Å². The topological polar surface area (TPSA) is 92.5 Å². The van der Waals surface area contributed by atoms with E-state index < -0.39 is 20.5 Å². The summed E-state index contributed by atoms with van der Waals surface area (Å²) in [5, 5.41) is 13.8. The molecule has 0 amide bonds. The first-order valence-electron chi connectivity index (χ1n) is 6.03. The van der Waals surface area contributed by atoms with E-state index in [1.165, 1.54) is 18.4 Å². The minimum atomic E-state index is -3.75. The van der Waals surface area contributed by atoms with Crippen molar-refractivity contribution in [1.82, 2.24) is 4.31 Å². The Bertz CT molecular complexity index is 607. The van der Waals surface area contributed by atoms with Gasteiger partial charge in [0.2, 0.25) is 0 Å². The number of sulfonamides is 1. The molecule has 1 heterocycles. The molecule has 0 atom stereocenters. The van der Waals surface area contributed by atoms with Crippen LogP contribution in [-0.4, -0.2) is 37.3 Å². The molecule has 7 nitrogen and oxygen atoms in total. The molecule has 1 N–H and O–H groups in total. The zero-order valence-corrected chi connectivity index (χ0v) is 13.8. The van der Waals surface area contributed by atoms with Gasteiger partial charge in [-0.25, -0.2) is 8.42 Å². The summed E-state index contributed by atoms with van der Waals surface area (Å²) in [6.07, 6.45) is 0.634. The Balaban J connectivity index is 3.33. The standard InChI is InChI=1S/C11H19N3O4S2/c1-6-11(2,3)13(5)20(17,18)9-7-8(14(15)16)10(12-4)19-9/h7,12H,6H2,1-5H3. The van der Waals surface area contributed by atoms with Crippen molar-refractivity contribution in [3.8, 4) is 0 Å². The predicted molar refractivity (Wildman–Crippen MR) is 79.8 cm³/mol. The zero-order valence-electron chi connectivity index (χ0n) is 12.1. The van der Waals surface area contributed by atoms with Crippen LogP contribution < -0.4 is 5.32 Å². The van der Waals surface area contributed by atoms with Crippen molar-refractivity contribution in [3.05, 3.63) is 16.2 Å². The molecule has 1 rings (SSSR count). The van der Waals surface area contributed by atoms with Crippen LogP contribution >= 0.6 is 11.3 Å². The average molecular weight is 321 g/mol. The van der Waals surface area contributed by atoms with E-state index in [2.05, 4.69) is 5.32 Å². The summed E-state index contributed by atoms with van der Waals surface area (Å²) >= 11 is 0.867. The molecule has 0 spiro atoms. The summed E-state index contributed by atoms with van der Waals surface area (Å²) in [6.45, 7) is 5.51. The Hall–Kier alpha value is -1.19. The third kappa shape index (κ3) is 2.94. The van der Waals surface area contributed by atoms with Crippen molar-refractivity contribution in [2.24, 2.45) is 0 Å². The fourth-order valence-electron chi connectivity index (χ4n) is 1.48. The highest BCUT2D eigenvalue weighted by Crippen LogP contribution is 2.39. The highest BCUT2D eigenvalue weighted by molar-refractivity contribution is 7.91. The molecule has 1 aromatic rings. The average Bonchev–Trinajstić information content (AvgIpc) is 2.82. The van der Waals surface area contributed by atoms with Crippen LogP contribution in [0.15, 0.2) is 10.3 Å². The van der Waals surface area contributed by atoms with E-state index in [1.807, 2.05) is 20.8 Å². The Labute approximate surface area is 122 Å². The summed E-state index contributed by atoms with van der Waals surface area (Å²) in [7, 11) is -0.734. The lowest BCUT2D eigenvalue weighted by atomic mass is 10.0. The maximum absolute atomic E-state index is 12.5. The molecule has 0 saturated heterocycles. The van der Waals surface area contributed by atoms with Gasteiger partial charge in [-0.2, -0.15) is 4.31 Å². The van der Waals surface area contributed by atoms with Crippen LogP contribution in [0.3, 0.4) is 0 Å². The maximum atomic E-state index is 12.5. The van der Waals surface area contributed by atoms with Crippen molar-refractivity contribution < 1.29 is 13.3 Å². The molecule has 1 aromatic heterocycles. The third-order valence-electron chi connectivity index (χ3n) is 3.45. The molecule has 0 saturated carbocycles. The summed E-state index contributed by atoms with van der Waals surface area (Å²) in [4.78, 5) is 10.3.